The number of anilines is 2. The van der Waals surface area contributed by atoms with Gasteiger partial charge in [0.15, 0.2) is 0 Å². The molecule has 0 fully saturated rings. The van der Waals surface area contributed by atoms with Crippen molar-refractivity contribution in [2.75, 3.05) is 16.8 Å². The van der Waals surface area contributed by atoms with Crippen LogP contribution in [0, 0.1) is 6.92 Å². The van der Waals surface area contributed by atoms with E-state index in [0.29, 0.717) is 5.88 Å². The first-order chi connectivity index (χ1) is 9.65. The summed E-state index contributed by atoms with van der Waals surface area (Å²) >= 11 is 0. The van der Waals surface area contributed by atoms with E-state index in [4.69, 9.17) is 4.52 Å². The number of aryl methyl sites for hydroxylation is 1. The molecule has 1 atom stereocenters. The van der Waals surface area contributed by atoms with Crippen LogP contribution in [0.3, 0.4) is 0 Å². The molecule has 0 radical (unpaired) electrons. The monoisotopic (exact) mass is 271 g/mol. The molecule has 1 unspecified atom stereocenters. The summed E-state index contributed by atoms with van der Waals surface area (Å²) in [5, 5.41) is 6.52. The van der Waals surface area contributed by atoms with Gasteiger partial charge in [0.2, 0.25) is 11.8 Å². The third-order valence-corrected chi connectivity index (χ3v) is 3.64. The van der Waals surface area contributed by atoms with E-state index in [2.05, 4.69) is 27.5 Å². The van der Waals surface area contributed by atoms with Gasteiger partial charge in [-0.3, -0.25) is 10.1 Å². The smallest absolute Gasteiger partial charge is 0.249 e. The quantitative estimate of drug-likeness (QED) is 0.931. The lowest BCUT2D eigenvalue weighted by molar-refractivity contribution is -0.117. The largest absolute Gasteiger partial charge is 0.359 e. The molecule has 0 spiro atoms. The highest BCUT2D eigenvalue weighted by atomic mass is 16.5. The molecule has 5 nitrogen and oxygen atoms in total. The number of carbonyl (C=O) groups is 1. The summed E-state index contributed by atoms with van der Waals surface area (Å²) in [7, 11) is 0. The number of nitrogens with zero attached hydrogens (tertiary/aromatic N) is 2. The maximum atomic E-state index is 12.3. The number of nitrogens with one attached hydrogen (secondary N) is 1. The van der Waals surface area contributed by atoms with Gasteiger partial charge in [0.05, 0.1) is 5.69 Å². The number of hydrogen-bond donors (Lipinski definition) is 1. The van der Waals surface area contributed by atoms with E-state index in [1.54, 1.807) is 6.07 Å². The second-order valence-electron chi connectivity index (χ2n) is 5.07. The van der Waals surface area contributed by atoms with Gasteiger partial charge in [-0.1, -0.05) is 23.4 Å². The Hall–Kier alpha value is -2.30. The zero-order valence-electron chi connectivity index (χ0n) is 11.6. The molecular formula is C15H17N3O2. The van der Waals surface area contributed by atoms with Gasteiger partial charge in [-0.15, -0.1) is 0 Å². The third-order valence-electron chi connectivity index (χ3n) is 3.64. The van der Waals surface area contributed by atoms with Gasteiger partial charge in [0, 0.05) is 18.3 Å². The molecule has 3 rings (SSSR count). The zero-order chi connectivity index (χ0) is 14.1. The normalized spacial score (nSPS) is 15.0. The van der Waals surface area contributed by atoms with Gasteiger partial charge in [-0.05, 0) is 31.9 Å². The number of aromatic nitrogens is 1. The molecule has 1 N–H and O–H groups in total. The Labute approximate surface area is 117 Å². The third kappa shape index (κ3) is 2.27. The second kappa shape index (κ2) is 5.00. The highest BCUT2D eigenvalue weighted by molar-refractivity contribution is 5.96. The topological polar surface area (TPSA) is 58.4 Å². The Morgan fingerprint density at radius 2 is 2.25 bits per heavy atom. The number of carbonyl (C=O) groups excluding carboxylic acids is 1. The Kier molecular flexibility index (Phi) is 3.18. The van der Waals surface area contributed by atoms with Gasteiger partial charge >= 0.3 is 0 Å². The van der Waals surface area contributed by atoms with Crippen molar-refractivity contribution in [1.82, 2.24) is 5.16 Å². The van der Waals surface area contributed by atoms with Gasteiger partial charge in [0.1, 0.15) is 6.04 Å². The van der Waals surface area contributed by atoms with Crippen LogP contribution >= 0.6 is 0 Å². The number of amides is 1. The minimum Gasteiger partial charge on any atom is -0.359 e. The average molecular weight is 271 g/mol. The number of hydrogen-bond acceptors (Lipinski definition) is 4. The molecule has 0 bridgehead atoms. The van der Waals surface area contributed by atoms with Crippen LogP contribution in [0.5, 0.6) is 0 Å². The maximum absolute atomic E-state index is 12.3. The minimum atomic E-state index is -0.246. The summed E-state index contributed by atoms with van der Waals surface area (Å²) in [6, 6.07) is 9.67. The fraction of sp³-hybridized carbons (Fsp3) is 0.333. The Morgan fingerprint density at radius 3 is 3.00 bits per heavy atom. The highest BCUT2D eigenvalue weighted by Gasteiger charge is 2.27. The van der Waals surface area contributed by atoms with Crippen molar-refractivity contribution in [1.29, 1.82) is 0 Å². The van der Waals surface area contributed by atoms with Gasteiger partial charge < -0.3 is 9.42 Å². The van der Waals surface area contributed by atoms with Crippen LogP contribution in [0.1, 0.15) is 18.2 Å². The minimum absolute atomic E-state index is 0.0853. The molecule has 1 aliphatic heterocycles. The van der Waals surface area contributed by atoms with E-state index in [1.807, 2.05) is 26.0 Å². The van der Waals surface area contributed by atoms with Crippen molar-refractivity contribution in [3.8, 4) is 0 Å². The summed E-state index contributed by atoms with van der Waals surface area (Å²) in [5.41, 5.74) is 3.19. The number of fused-ring (bicyclic) bond motifs is 1. The summed E-state index contributed by atoms with van der Waals surface area (Å²) in [4.78, 5) is 14.4. The highest BCUT2D eigenvalue weighted by Crippen LogP contribution is 2.29. The van der Waals surface area contributed by atoms with E-state index in [0.717, 1.165) is 24.3 Å². The van der Waals surface area contributed by atoms with Gasteiger partial charge in [-0.2, -0.15) is 0 Å². The van der Waals surface area contributed by atoms with Crippen molar-refractivity contribution < 1.29 is 9.32 Å². The zero-order valence-corrected chi connectivity index (χ0v) is 11.6. The van der Waals surface area contributed by atoms with E-state index in [-0.39, 0.29) is 11.9 Å². The Balaban J connectivity index is 1.73. The molecule has 20 heavy (non-hydrogen) atoms. The Morgan fingerprint density at radius 1 is 1.45 bits per heavy atom. The lowest BCUT2D eigenvalue weighted by atomic mass is 10.1. The molecule has 2 heterocycles. The van der Waals surface area contributed by atoms with Crippen molar-refractivity contribution in [2.24, 2.45) is 0 Å². The van der Waals surface area contributed by atoms with Crippen molar-refractivity contribution >= 4 is 17.5 Å². The molecule has 1 amide bonds. The Bertz CT molecular complexity index is 636. The van der Waals surface area contributed by atoms with Crippen LogP contribution in [0.4, 0.5) is 11.6 Å². The van der Waals surface area contributed by atoms with E-state index in [9.17, 15) is 4.79 Å². The summed E-state index contributed by atoms with van der Waals surface area (Å²) < 4.78 is 5.02. The number of rotatable bonds is 3. The number of benzene rings is 1. The first-order valence-corrected chi connectivity index (χ1v) is 6.74. The molecule has 104 valence electrons. The standard InChI is InChI=1S/C15H17N3O2/c1-10-9-14(20-17-10)16-15(19)11(2)18-8-7-12-5-3-4-6-13(12)18/h3-6,9,11H,7-8H2,1-2H3,(H,16,19). The molecule has 0 aliphatic carbocycles. The molecule has 1 aromatic heterocycles. The molecule has 0 saturated carbocycles. The summed E-state index contributed by atoms with van der Waals surface area (Å²) in [6.45, 7) is 4.59. The molecular weight excluding hydrogens is 254 g/mol. The molecule has 1 aromatic carbocycles. The van der Waals surface area contributed by atoms with Crippen molar-refractivity contribution in [3.63, 3.8) is 0 Å². The van der Waals surface area contributed by atoms with Crippen LogP contribution in [0.2, 0.25) is 0 Å². The van der Waals surface area contributed by atoms with Crippen LogP contribution in [0.25, 0.3) is 0 Å². The van der Waals surface area contributed by atoms with E-state index < -0.39 is 0 Å². The lowest BCUT2D eigenvalue weighted by Gasteiger charge is -2.25. The molecule has 2 aromatic rings. The average Bonchev–Trinajstić information content (AvgIpc) is 3.04. The number of para-hydroxylation sites is 1. The second-order valence-corrected chi connectivity index (χ2v) is 5.07. The van der Waals surface area contributed by atoms with Gasteiger partial charge in [-0.25, -0.2) is 0 Å². The van der Waals surface area contributed by atoms with Crippen LogP contribution in [-0.2, 0) is 11.2 Å². The van der Waals surface area contributed by atoms with Crippen LogP contribution in [-0.4, -0.2) is 23.7 Å². The molecule has 5 heteroatoms. The van der Waals surface area contributed by atoms with E-state index >= 15 is 0 Å². The van der Waals surface area contributed by atoms with Crippen LogP contribution in [0.15, 0.2) is 34.9 Å². The fourth-order valence-corrected chi connectivity index (χ4v) is 2.56. The predicted molar refractivity (Wildman–Crippen MR) is 76.8 cm³/mol. The summed E-state index contributed by atoms with van der Waals surface area (Å²) in [6.07, 6.45) is 0.981. The predicted octanol–water partition coefficient (Wildman–Crippen LogP) is 2.37. The molecule has 0 saturated heterocycles. The van der Waals surface area contributed by atoms with Gasteiger partial charge in [0.25, 0.3) is 0 Å². The SMILES string of the molecule is Cc1cc(NC(=O)C(C)N2CCc3ccccc32)on1. The lowest BCUT2D eigenvalue weighted by Crippen LogP contribution is -2.41. The van der Waals surface area contributed by atoms with Crippen molar-refractivity contribution in [3.05, 3.63) is 41.6 Å². The first-order valence-electron chi connectivity index (χ1n) is 6.74. The van der Waals surface area contributed by atoms with Crippen molar-refractivity contribution in [2.45, 2.75) is 26.3 Å². The molecule has 1 aliphatic rings. The summed E-state index contributed by atoms with van der Waals surface area (Å²) in [5.74, 6) is 0.310. The van der Waals surface area contributed by atoms with E-state index in [1.165, 1.54) is 5.56 Å². The first kappa shape index (κ1) is 12.7. The maximum Gasteiger partial charge on any atom is 0.249 e. The van der Waals surface area contributed by atoms with Crippen LogP contribution < -0.4 is 10.2 Å². The fourth-order valence-electron chi connectivity index (χ4n) is 2.56.